The molecule has 0 radical (unpaired) electrons. The molecule has 0 saturated heterocycles. The van der Waals surface area contributed by atoms with Crippen molar-refractivity contribution in [3.05, 3.63) is 52.5 Å². The SMILES string of the molecule is CCN(CC)CCN(C(=O)CCSc1ccc(Cl)cc1)c1nc2ccc(Cl)cc2s1.Cl. The molecule has 9 heteroatoms. The normalized spacial score (nSPS) is 11.0. The van der Waals surface area contributed by atoms with Crippen molar-refractivity contribution < 1.29 is 4.79 Å². The van der Waals surface area contributed by atoms with Gasteiger partial charge in [0.25, 0.3) is 0 Å². The van der Waals surface area contributed by atoms with E-state index in [1.165, 1.54) is 11.3 Å². The monoisotopic (exact) mass is 517 g/mol. The molecule has 3 aromatic rings. The number of anilines is 1. The van der Waals surface area contributed by atoms with E-state index in [0.717, 1.165) is 39.9 Å². The van der Waals surface area contributed by atoms with Crippen LogP contribution in [-0.4, -0.2) is 47.7 Å². The van der Waals surface area contributed by atoms with Gasteiger partial charge in [-0.3, -0.25) is 9.69 Å². The summed E-state index contributed by atoms with van der Waals surface area (Å²) >= 11 is 15.2. The zero-order chi connectivity index (χ0) is 21.5. The highest BCUT2D eigenvalue weighted by atomic mass is 35.5. The largest absolute Gasteiger partial charge is 0.302 e. The van der Waals surface area contributed by atoms with E-state index in [9.17, 15) is 4.79 Å². The van der Waals surface area contributed by atoms with Crippen molar-refractivity contribution >= 4 is 80.0 Å². The molecule has 1 amide bonds. The van der Waals surface area contributed by atoms with Crippen molar-refractivity contribution in [1.82, 2.24) is 9.88 Å². The van der Waals surface area contributed by atoms with E-state index < -0.39 is 0 Å². The minimum atomic E-state index is 0. The van der Waals surface area contributed by atoms with Crippen LogP contribution in [0, 0.1) is 0 Å². The first-order valence-electron chi connectivity index (χ1n) is 9.97. The smallest absolute Gasteiger partial charge is 0.229 e. The Morgan fingerprint density at radius 2 is 1.71 bits per heavy atom. The third-order valence-corrected chi connectivity index (χ3v) is 7.35. The van der Waals surface area contributed by atoms with Crippen molar-refractivity contribution in [3.8, 4) is 0 Å². The number of thiazole rings is 1. The number of carbonyl (C=O) groups excluding carboxylic acids is 1. The van der Waals surface area contributed by atoms with E-state index in [0.29, 0.717) is 28.8 Å². The Balaban J connectivity index is 0.00000341. The molecule has 0 spiro atoms. The van der Waals surface area contributed by atoms with E-state index in [1.807, 2.05) is 47.4 Å². The number of benzene rings is 2. The Hall–Kier alpha value is -1.02. The van der Waals surface area contributed by atoms with Gasteiger partial charge in [0, 0.05) is 40.2 Å². The molecule has 0 saturated carbocycles. The van der Waals surface area contributed by atoms with Gasteiger partial charge in [0.05, 0.1) is 10.2 Å². The fourth-order valence-corrected chi connectivity index (χ4v) is 5.28. The van der Waals surface area contributed by atoms with Gasteiger partial charge >= 0.3 is 0 Å². The Morgan fingerprint density at radius 3 is 2.39 bits per heavy atom. The second-order valence-corrected chi connectivity index (χ2v) is 9.78. The van der Waals surface area contributed by atoms with Crippen molar-refractivity contribution in [2.45, 2.75) is 25.2 Å². The maximum Gasteiger partial charge on any atom is 0.229 e. The maximum atomic E-state index is 13.1. The van der Waals surface area contributed by atoms with Crippen molar-refractivity contribution in [1.29, 1.82) is 0 Å². The van der Waals surface area contributed by atoms with Crippen LogP contribution in [0.3, 0.4) is 0 Å². The molecule has 3 rings (SSSR count). The fourth-order valence-electron chi connectivity index (χ4n) is 3.03. The topological polar surface area (TPSA) is 36.4 Å². The van der Waals surface area contributed by atoms with E-state index in [-0.39, 0.29) is 18.3 Å². The molecule has 0 atom stereocenters. The highest BCUT2D eigenvalue weighted by Gasteiger charge is 2.20. The lowest BCUT2D eigenvalue weighted by atomic mass is 10.3. The van der Waals surface area contributed by atoms with Crippen LogP contribution in [0.4, 0.5) is 5.13 Å². The lowest BCUT2D eigenvalue weighted by Gasteiger charge is -2.24. The predicted molar refractivity (Wildman–Crippen MR) is 139 cm³/mol. The summed E-state index contributed by atoms with van der Waals surface area (Å²) in [6.07, 6.45) is 0.447. The number of aromatic nitrogens is 1. The first-order valence-corrected chi connectivity index (χ1v) is 12.5. The molecule has 0 bridgehead atoms. The second-order valence-electron chi connectivity index (χ2n) is 6.73. The number of likely N-dealkylation sites (N-methyl/N-ethyl adjacent to an activating group) is 1. The summed E-state index contributed by atoms with van der Waals surface area (Å²) in [6.45, 7) is 7.64. The molecule has 0 N–H and O–H groups in total. The van der Waals surface area contributed by atoms with Crippen LogP contribution in [0.15, 0.2) is 47.4 Å². The van der Waals surface area contributed by atoms with Gasteiger partial charge < -0.3 is 4.90 Å². The minimum absolute atomic E-state index is 0. The van der Waals surface area contributed by atoms with E-state index >= 15 is 0 Å². The summed E-state index contributed by atoms with van der Waals surface area (Å²) in [7, 11) is 0. The zero-order valence-corrected chi connectivity index (χ0v) is 21.5. The predicted octanol–water partition coefficient (Wildman–Crippen LogP) is 6.88. The zero-order valence-electron chi connectivity index (χ0n) is 17.5. The Labute approximate surface area is 208 Å². The summed E-state index contributed by atoms with van der Waals surface area (Å²) in [5.41, 5.74) is 0.871. The number of thioether (sulfide) groups is 1. The standard InChI is InChI=1S/C22H25Cl2N3OS2.ClH/c1-3-26(4-2)12-13-27(22-25-19-10-7-17(24)15-20(19)30-22)21(28)11-14-29-18-8-5-16(23)6-9-18;/h5-10,15H,3-4,11-14H2,1-2H3;1H. The highest BCUT2D eigenvalue weighted by Crippen LogP contribution is 2.31. The first-order chi connectivity index (χ1) is 14.5. The number of carbonyl (C=O) groups is 1. The van der Waals surface area contributed by atoms with Crippen LogP contribution in [-0.2, 0) is 4.79 Å². The van der Waals surface area contributed by atoms with Crippen LogP contribution in [0.1, 0.15) is 20.3 Å². The Kier molecular flexibility index (Phi) is 10.9. The lowest BCUT2D eigenvalue weighted by molar-refractivity contribution is -0.118. The maximum absolute atomic E-state index is 13.1. The molecular formula is C22H26Cl3N3OS2. The minimum Gasteiger partial charge on any atom is -0.302 e. The number of fused-ring (bicyclic) bond motifs is 1. The van der Waals surface area contributed by atoms with Gasteiger partial charge in [-0.05, 0) is 55.6 Å². The van der Waals surface area contributed by atoms with Gasteiger partial charge in [-0.15, -0.1) is 24.2 Å². The molecule has 0 aliphatic rings. The molecule has 1 heterocycles. The summed E-state index contributed by atoms with van der Waals surface area (Å²) in [4.78, 5) is 23.1. The molecule has 1 aromatic heterocycles. The first kappa shape index (κ1) is 26.2. The fraction of sp³-hybridized carbons (Fsp3) is 0.364. The van der Waals surface area contributed by atoms with Gasteiger partial charge in [-0.2, -0.15) is 0 Å². The number of hydrogen-bond donors (Lipinski definition) is 0. The van der Waals surface area contributed by atoms with Gasteiger partial charge in [-0.1, -0.05) is 48.4 Å². The van der Waals surface area contributed by atoms with Gasteiger partial charge in [0.15, 0.2) is 5.13 Å². The van der Waals surface area contributed by atoms with Gasteiger partial charge in [-0.25, -0.2) is 4.98 Å². The van der Waals surface area contributed by atoms with E-state index in [1.54, 1.807) is 11.8 Å². The molecule has 0 aliphatic carbocycles. The molecule has 168 valence electrons. The average molecular weight is 519 g/mol. The number of nitrogens with zero attached hydrogens (tertiary/aromatic N) is 3. The summed E-state index contributed by atoms with van der Waals surface area (Å²) in [5.74, 6) is 0.799. The molecule has 0 fully saturated rings. The molecule has 4 nitrogen and oxygen atoms in total. The Morgan fingerprint density at radius 1 is 1.03 bits per heavy atom. The number of rotatable bonds is 10. The van der Waals surface area contributed by atoms with Crippen molar-refractivity contribution in [3.63, 3.8) is 0 Å². The summed E-state index contributed by atoms with van der Waals surface area (Å²) in [5, 5.41) is 2.13. The van der Waals surface area contributed by atoms with Crippen LogP contribution >= 0.6 is 58.7 Å². The van der Waals surface area contributed by atoms with E-state index in [4.69, 9.17) is 28.2 Å². The molecular weight excluding hydrogens is 493 g/mol. The number of halogens is 3. The van der Waals surface area contributed by atoms with Crippen LogP contribution in [0.2, 0.25) is 10.0 Å². The Bertz CT molecular complexity index is 978. The summed E-state index contributed by atoms with van der Waals surface area (Å²) in [6, 6.07) is 13.3. The van der Waals surface area contributed by atoms with Crippen LogP contribution in [0.5, 0.6) is 0 Å². The van der Waals surface area contributed by atoms with Gasteiger partial charge in [0.1, 0.15) is 0 Å². The molecule has 31 heavy (non-hydrogen) atoms. The quantitative estimate of drug-likeness (QED) is 0.274. The molecule has 0 unspecified atom stereocenters. The van der Waals surface area contributed by atoms with Crippen molar-refractivity contribution in [2.75, 3.05) is 36.8 Å². The van der Waals surface area contributed by atoms with Gasteiger partial charge in [0.2, 0.25) is 5.91 Å². The molecule has 0 aliphatic heterocycles. The highest BCUT2D eigenvalue weighted by molar-refractivity contribution is 7.99. The molecule has 2 aromatic carbocycles. The number of amides is 1. The van der Waals surface area contributed by atoms with Crippen molar-refractivity contribution in [2.24, 2.45) is 0 Å². The van der Waals surface area contributed by atoms with E-state index in [2.05, 4.69) is 18.7 Å². The third kappa shape index (κ3) is 7.52. The third-order valence-electron chi connectivity index (χ3n) is 4.80. The number of hydrogen-bond acceptors (Lipinski definition) is 5. The average Bonchev–Trinajstić information content (AvgIpc) is 3.15. The lowest BCUT2D eigenvalue weighted by Crippen LogP contribution is -2.39. The summed E-state index contributed by atoms with van der Waals surface area (Å²) < 4.78 is 0.994. The van der Waals surface area contributed by atoms with Crippen LogP contribution in [0.25, 0.3) is 10.2 Å². The second kappa shape index (κ2) is 12.9. The van der Waals surface area contributed by atoms with Crippen LogP contribution < -0.4 is 4.90 Å².